The Morgan fingerprint density at radius 2 is 1.75 bits per heavy atom. The van der Waals surface area contributed by atoms with Crippen LogP contribution in [0.5, 0.6) is 0 Å². The molecule has 0 unspecified atom stereocenters. The average molecular weight is 301 g/mol. The molecule has 0 aliphatic carbocycles. The molecule has 8 heteroatoms. The summed E-state index contributed by atoms with van der Waals surface area (Å²) in [5.74, 6) is -2.42. The number of hydrogen-bond acceptors (Lipinski definition) is 3. The summed E-state index contributed by atoms with van der Waals surface area (Å²) in [6, 6.07) is 4.24. The van der Waals surface area contributed by atoms with E-state index in [1.165, 1.54) is 0 Å². The molecule has 2 amide bonds. The van der Waals surface area contributed by atoms with E-state index in [2.05, 4.69) is 10.6 Å². The molecule has 0 radical (unpaired) electrons. The highest BCUT2D eigenvalue weighted by Crippen LogP contribution is 2.13. The van der Waals surface area contributed by atoms with Crippen LogP contribution in [-0.2, 0) is 9.59 Å². The fourth-order valence-corrected chi connectivity index (χ4v) is 1.51. The molecular formula is C12H13ClN2O5. The van der Waals surface area contributed by atoms with E-state index < -0.39 is 24.0 Å². The number of carboxylic acids is 2. The maximum Gasteiger partial charge on any atom is 0.326 e. The molecule has 0 bridgehead atoms. The van der Waals surface area contributed by atoms with Crippen molar-refractivity contribution in [2.45, 2.75) is 18.9 Å². The number of urea groups is 1. The molecule has 1 aromatic carbocycles. The van der Waals surface area contributed by atoms with Crippen molar-refractivity contribution in [3.05, 3.63) is 29.3 Å². The zero-order valence-electron chi connectivity index (χ0n) is 10.3. The van der Waals surface area contributed by atoms with Gasteiger partial charge in [-0.15, -0.1) is 0 Å². The molecule has 1 rings (SSSR count). The van der Waals surface area contributed by atoms with E-state index in [4.69, 9.17) is 21.8 Å². The standard InChI is InChI=1S/C12H13ClN2O5/c13-7-1-3-8(4-2-7)14-12(20)15-9(11(18)19)5-6-10(16)17/h1-4,9H,5-6H2,(H,16,17)(H,18,19)(H2,14,15,20)/t9-/m0/s1. The Morgan fingerprint density at radius 3 is 2.25 bits per heavy atom. The van der Waals surface area contributed by atoms with Gasteiger partial charge in [0.1, 0.15) is 6.04 Å². The van der Waals surface area contributed by atoms with Crippen LogP contribution < -0.4 is 10.6 Å². The minimum absolute atomic E-state index is 0.196. The van der Waals surface area contributed by atoms with Crippen LogP contribution in [0.25, 0.3) is 0 Å². The highest BCUT2D eigenvalue weighted by atomic mass is 35.5. The van der Waals surface area contributed by atoms with Crippen LogP contribution in [0.2, 0.25) is 5.02 Å². The van der Waals surface area contributed by atoms with Gasteiger partial charge in [-0.1, -0.05) is 11.6 Å². The maximum absolute atomic E-state index is 11.6. The Bertz CT molecular complexity index is 503. The Balaban J connectivity index is 2.55. The molecule has 0 aliphatic heterocycles. The molecule has 0 spiro atoms. The predicted octanol–water partition coefficient (Wildman–Crippen LogP) is 1.78. The zero-order valence-corrected chi connectivity index (χ0v) is 11.1. The first-order valence-electron chi connectivity index (χ1n) is 5.66. The van der Waals surface area contributed by atoms with Gasteiger partial charge < -0.3 is 20.8 Å². The van der Waals surface area contributed by atoms with Gasteiger partial charge in [-0.2, -0.15) is 0 Å². The molecule has 0 heterocycles. The number of carboxylic acid groups (broad SMARTS) is 2. The van der Waals surface area contributed by atoms with Crippen LogP contribution in [0.15, 0.2) is 24.3 Å². The second kappa shape index (κ2) is 7.34. The highest BCUT2D eigenvalue weighted by Gasteiger charge is 2.20. The lowest BCUT2D eigenvalue weighted by Gasteiger charge is -2.14. The lowest BCUT2D eigenvalue weighted by Crippen LogP contribution is -2.43. The zero-order chi connectivity index (χ0) is 15.1. The largest absolute Gasteiger partial charge is 0.481 e. The fraction of sp³-hybridized carbons (Fsp3) is 0.250. The van der Waals surface area contributed by atoms with Crippen LogP contribution in [0, 0.1) is 0 Å². The fourth-order valence-electron chi connectivity index (χ4n) is 1.38. The third kappa shape index (κ3) is 5.57. The smallest absolute Gasteiger partial charge is 0.326 e. The SMILES string of the molecule is O=C(O)CC[C@H](NC(=O)Nc1ccc(Cl)cc1)C(=O)O. The van der Waals surface area contributed by atoms with E-state index in [1.807, 2.05) is 0 Å². The first-order valence-corrected chi connectivity index (χ1v) is 6.04. The van der Waals surface area contributed by atoms with Gasteiger partial charge >= 0.3 is 18.0 Å². The summed E-state index contributed by atoms with van der Waals surface area (Å²) in [6.45, 7) is 0. The number of halogens is 1. The lowest BCUT2D eigenvalue weighted by molar-refractivity contribution is -0.140. The summed E-state index contributed by atoms with van der Waals surface area (Å²) in [5, 5.41) is 22.5. The minimum atomic E-state index is -1.29. The van der Waals surface area contributed by atoms with E-state index in [-0.39, 0.29) is 12.8 Å². The van der Waals surface area contributed by atoms with Gasteiger partial charge in [-0.25, -0.2) is 9.59 Å². The van der Waals surface area contributed by atoms with E-state index in [0.29, 0.717) is 10.7 Å². The Morgan fingerprint density at radius 1 is 1.15 bits per heavy atom. The van der Waals surface area contributed by atoms with Gasteiger partial charge in [-0.05, 0) is 30.7 Å². The molecule has 0 saturated heterocycles. The monoisotopic (exact) mass is 300 g/mol. The molecule has 0 saturated carbocycles. The van der Waals surface area contributed by atoms with Gasteiger partial charge in [0.25, 0.3) is 0 Å². The maximum atomic E-state index is 11.6. The van der Waals surface area contributed by atoms with Crippen molar-refractivity contribution in [2.24, 2.45) is 0 Å². The van der Waals surface area contributed by atoms with Crippen molar-refractivity contribution in [1.82, 2.24) is 5.32 Å². The number of carbonyl (C=O) groups is 3. The molecule has 0 fully saturated rings. The number of aliphatic carboxylic acids is 2. The summed E-state index contributed by atoms with van der Waals surface area (Å²) in [7, 11) is 0. The summed E-state index contributed by atoms with van der Waals surface area (Å²) in [5.41, 5.74) is 0.439. The number of carbonyl (C=O) groups excluding carboxylic acids is 1. The topological polar surface area (TPSA) is 116 Å². The van der Waals surface area contributed by atoms with E-state index >= 15 is 0 Å². The summed E-state index contributed by atoms with van der Waals surface area (Å²) in [6.07, 6.45) is -0.545. The van der Waals surface area contributed by atoms with E-state index in [1.54, 1.807) is 24.3 Å². The number of nitrogens with one attached hydrogen (secondary N) is 2. The third-order valence-corrected chi connectivity index (χ3v) is 2.60. The number of amides is 2. The van der Waals surface area contributed by atoms with E-state index in [0.717, 1.165) is 0 Å². The van der Waals surface area contributed by atoms with Crippen molar-refractivity contribution in [2.75, 3.05) is 5.32 Å². The molecule has 1 atom stereocenters. The first kappa shape index (κ1) is 15.8. The van der Waals surface area contributed by atoms with Crippen molar-refractivity contribution in [1.29, 1.82) is 0 Å². The van der Waals surface area contributed by atoms with Crippen LogP contribution in [0.4, 0.5) is 10.5 Å². The normalized spacial score (nSPS) is 11.4. The summed E-state index contributed by atoms with van der Waals surface area (Å²) in [4.78, 5) is 32.9. The van der Waals surface area contributed by atoms with Crippen molar-refractivity contribution in [3.8, 4) is 0 Å². The average Bonchev–Trinajstić information content (AvgIpc) is 2.36. The van der Waals surface area contributed by atoms with Crippen molar-refractivity contribution >= 4 is 35.3 Å². The van der Waals surface area contributed by atoms with Gasteiger partial charge in [-0.3, -0.25) is 4.79 Å². The number of anilines is 1. The Hall–Kier alpha value is -2.28. The summed E-state index contributed by atoms with van der Waals surface area (Å²) < 4.78 is 0. The molecule has 20 heavy (non-hydrogen) atoms. The van der Waals surface area contributed by atoms with Crippen LogP contribution in [-0.4, -0.2) is 34.2 Å². The lowest BCUT2D eigenvalue weighted by atomic mass is 10.1. The third-order valence-electron chi connectivity index (χ3n) is 2.35. The van der Waals surface area contributed by atoms with Gasteiger partial charge in [0.15, 0.2) is 0 Å². The van der Waals surface area contributed by atoms with Crippen molar-refractivity contribution in [3.63, 3.8) is 0 Å². The Labute approximate surface area is 119 Å². The summed E-state index contributed by atoms with van der Waals surface area (Å²) >= 11 is 5.68. The van der Waals surface area contributed by atoms with E-state index in [9.17, 15) is 14.4 Å². The second-order valence-electron chi connectivity index (χ2n) is 3.93. The van der Waals surface area contributed by atoms with Crippen LogP contribution in [0.1, 0.15) is 12.8 Å². The number of rotatable bonds is 6. The molecule has 4 N–H and O–H groups in total. The van der Waals surface area contributed by atoms with Gasteiger partial charge in [0.05, 0.1) is 0 Å². The predicted molar refractivity (Wildman–Crippen MR) is 71.9 cm³/mol. The van der Waals surface area contributed by atoms with Crippen LogP contribution >= 0.6 is 11.6 Å². The molecule has 0 aromatic heterocycles. The molecule has 108 valence electrons. The van der Waals surface area contributed by atoms with Crippen LogP contribution in [0.3, 0.4) is 0 Å². The van der Waals surface area contributed by atoms with Gasteiger partial charge in [0, 0.05) is 17.1 Å². The number of benzene rings is 1. The Kier molecular flexibility index (Phi) is 5.79. The quantitative estimate of drug-likeness (QED) is 0.639. The molecule has 7 nitrogen and oxygen atoms in total. The molecule has 1 aromatic rings. The highest BCUT2D eigenvalue weighted by molar-refractivity contribution is 6.30. The minimum Gasteiger partial charge on any atom is -0.481 e. The number of hydrogen-bond donors (Lipinski definition) is 4. The van der Waals surface area contributed by atoms with Crippen molar-refractivity contribution < 1.29 is 24.6 Å². The molecular weight excluding hydrogens is 288 g/mol. The first-order chi connectivity index (χ1) is 9.38. The van der Waals surface area contributed by atoms with Gasteiger partial charge in [0.2, 0.25) is 0 Å². The molecule has 0 aliphatic rings. The second-order valence-corrected chi connectivity index (χ2v) is 4.37.